The fourth-order valence-corrected chi connectivity index (χ4v) is 6.15. The molecule has 2 aliphatic rings. The molecule has 3 aromatic rings. The first-order valence-corrected chi connectivity index (χ1v) is 13.5. The largest absolute Gasteiger partial charge is 0.352 e. The molecule has 33 heavy (non-hydrogen) atoms. The van der Waals surface area contributed by atoms with Crippen molar-refractivity contribution < 1.29 is 4.79 Å². The van der Waals surface area contributed by atoms with Crippen LogP contribution in [-0.4, -0.2) is 21.5 Å². The Morgan fingerprint density at radius 1 is 0.970 bits per heavy atom. The second-order valence-corrected chi connectivity index (χ2v) is 11.0. The summed E-state index contributed by atoms with van der Waals surface area (Å²) in [5, 5.41) is 4.15. The van der Waals surface area contributed by atoms with Gasteiger partial charge in [0, 0.05) is 21.1 Å². The Kier molecular flexibility index (Phi) is 7.07. The number of carbonyl (C=O) groups is 1. The van der Waals surface area contributed by atoms with Crippen LogP contribution in [0.2, 0.25) is 5.02 Å². The standard InChI is InChI=1S/C27H31BrClN3O/c28-20-13-16-23-24(17-20)32(26(31-23)19-11-14-21(29)15-12-19)25(18-7-3-1-4-8-18)27(33)30-22-9-5-2-6-10-22/h11-18,22,25H,1-10H2,(H,30,33). The van der Waals surface area contributed by atoms with Crippen molar-refractivity contribution in [3.63, 3.8) is 0 Å². The first kappa shape index (κ1) is 22.9. The molecule has 1 N–H and O–H groups in total. The van der Waals surface area contributed by atoms with Crippen molar-refractivity contribution in [2.45, 2.75) is 76.3 Å². The van der Waals surface area contributed by atoms with Crippen molar-refractivity contribution in [2.75, 3.05) is 0 Å². The van der Waals surface area contributed by atoms with Gasteiger partial charge in [-0.25, -0.2) is 4.98 Å². The minimum Gasteiger partial charge on any atom is -0.352 e. The molecule has 2 fully saturated rings. The summed E-state index contributed by atoms with van der Waals surface area (Å²) in [5.41, 5.74) is 2.90. The number of aromatic nitrogens is 2. The van der Waals surface area contributed by atoms with Crippen LogP contribution < -0.4 is 5.32 Å². The highest BCUT2D eigenvalue weighted by molar-refractivity contribution is 9.10. The fraction of sp³-hybridized carbons (Fsp3) is 0.481. The second-order valence-electron chi connectivity index (χ2n) is 9.63. The van der Waals surface area contributed by atoms with Gasteiger partial charge in [-0.15, -0.1) is 0 Å². The van der Waals surface area contributed by atoms with E-state index in [0.29, 0.717) is 10.9 Å². The van der Waals surface area contributed by atoms with Crippen molar-refractivity contribution in [3.05, 3.63) is 52.0 Å². The minimum atomic E-state index is -0.266. The van der Waals surface area contributed by atoms with Gasteiger partial charge in [-0.1, -0.05) is 66.1 Å². The van der Waals surface area contributed by atoms with Crippen LogP contribution in [0.15, 0.2) is 46.9 Å². The normalized spacial score (nSPS) is 19.0. The predicted molar refractivity (Wildman–Crippen MR) is 139 cm³/mol. The van der Waals surface area contributed by atoms with E-state index in [1.54, 1.807) is 0 Å². The van der Waals surface area contributed by atoms with Crippen molar-refractivity contribution in [2.24, 2.45) is 5.92 Å². The van der Waals surface area contributed by atoms with Gasteiger partial charge in [0.1, 0.15) is 11.9 Å². The highest BCUT2D eigenvalue weighted by Crippen LogP contribution is 2.39. The Labute approximate surface area is 209 Å². The maximum Gasteiger partial charge on any atom is 0.243 e. The number of hydrogen-bond acceptors (Lipinski definition) is 2. The number of carbonyl (C=O) groups excluding carboxylic acids is 1. The smallest absolute Gasteiger partial charge is 0.243 e. The Bertz CT molecular complexity index is 1110. The molecule has 2 aromatic carbocycles. The molecule has 0 bridgehead atoms. The second kappa shape index (κ2) is 10.2. The Morgan fingerprint density at radius 2 is 1.64 bits per heavy atom. The zero-order chi connectivity index (χ0) is 22.8. The first-order chi connectivity index (χ1) is 16.1. The zero-order valence-electron chi connectivity index (χ0n) is 18.9. The summed E-state index contributed by atoms with van der Waals surface area (Å²) in [7, 11) is 0. The van der Waals surface area contributed by atoms with Crippen LogP contribution in [0, 0.1) is 5.92 Å². The van der Waals surface area contributed by atoms with Crippen molar-refractivity contribution in [3.8, 4) is 11.4 Å². The maximum absolute atomic E-state index is 14.0. The van der Waals surface area contributed by atoms with Gasteiger partial charge < -0.3 is 9.88 Å². The molecule has 1 atom stereocenters. The third-order valence-corrected chi connectivity index (χ3v) is 8.09. The Hall–Kier alpha value is -1.85. The van der Waals surface area contributed by atoms with E-state index in [-0.39, 0.29) is 18.0 Å². The summed E-state index contributed by atoms with van der Waals surface area (Å²) in [5.74, 6) is 1.31. The lowest BCUT2D eigenvalue weighted by Gasteiger charge is -2.33. The van der Waals surface area contributed by atoms with Gasteiger partial charge in [0.15, 0.2) is 0 Å². The number of amides is 1. The van der Waals surface area contributed by atoms with Crippen LogP contribution in [0.5, 0.6) is 0 Å². The summed E-state index contributed by atoms with van der Waals surface area (Å²) in [6.07, 6.45) is 11.6. The molecule has 0 radical (unpaired) electrons. The van der Waals surface area contributed by atoms with Gasteiger partial charge in [0.05, 0.1) is 11.0 Å². The predicted octanol–water partition coefficient (Wildman–Crippen LogP) is 7.69. The summed E-state index contributed by atoms with van der Waals surface area (Å²) in [6, 6.07) is 14.0. The molecule has 174 valence electrons. The van der Waals surface area contributed by atoms with E-state index in [2.05, 4.69) is 31.9 Å². The lowest BCUT2D eigenvalue weighted by molar-refractivity contribution is -0.127. The monoisotopic (exact) mass is 527 g/mol. The lowest BCUT2D eigenvalue weighted by Crippen LogP contribution is -2.43. The summed E-state index contributed by atoms with van der Waals surface area (Å²) >= 11 is 9.83. The molecule has 6 heteroatoms. The lowest BCUT2D eigenvalue weighted by atomic mass is 9.82. The number of halogens is 2. The zero-order valence-corrected chi connectivity index (χ0v) is 21.2. The highest BCUT2D eigenvalue weighted by Gasteiger charge is 2.35. The molecule has 1 aromatic heterocycles. The van der Waals surface area contributed by atoms with Crippen molar-refractivity contribution >= 4 is 44.5 Å². The average Bonchev–Trinajstić information content (AvgIpc) is 3.19. The molecule has 0 saturated heterocycles. The maximum atomic E-state index is 14.0. The van der Waals surface area contributed by atoms with E-state index in [0.717, 1.165) is 52.6 Å². The number of hydrogen-bond donors (Lipinski definition) is 1. The number of benzene rings is 2. The Morgan fingerprint density at radius 3 is 2.33 bits per heavy atom. The van der Waals surface area contributed by atoms with Crippen LogP contribution in [0.25, 0.3) is 22.4 Å². The van der Waals surface area contributed by atoms with Gasteiger partial charge in [0.2, 0.25) is 5.91 Å². The molecule has 2 aliphatic carbocycles. The van der Waals surface area contributed by atoms with E-state index in [9.17, 15) is 4.79 Å². The van der Waals surface area contributed by atoms with Gasteiger partial charge >= 0.3 is 0 Å². The van der Waals surface area contributed by atoms with E-state index < -0.39 is 0 Å². The van der Waals surface area contributed by atoms with Crippen molar-refractivity contribution in [1.82, 2.24) is 14.9 Å². The molecule has 1 unspecified atom stereocenters. The third kappa shape index (κ3) is 5.00. The summed E-state index contributed by atoms with van der Waals surface area (Å²) in [4.78, 5) is 19.0. The van der Waals surface area contributed by atoms with Gasteiger partial charge in [-0.2, -0.15) is 0 Å². The topological polar surface area (TPSA) is 46.9 Å². The van der Waals surface area contributed by atoms with Crippen molar-refractivity contribution in [1.29, 1.82) is 0 Å². The van der Waals surface area contributed by atoms with E-state index in [1.165, 1.54) is 38.5 Å². The highest BCUT2D eigenvalue weighted by atomic mass is 79.9. The molecule has 0 aliphatic heterocycles. The quantitative estimate of drug-likeness (QED) is 0.369. The number of rotatable bonds is 5. The average molecular weight is 529 g/mol. The molecule has 0 spiro atoms. The molecular formula is C27H31BrClN3O. The molecule has 2 saturated carbocycles. The van der Waals surface area contributed by atoms with Gasteiger partial charge in [0.25, 0.3) is 0 Å². The molecule has 4 nitrogen and oxygen atoms in total. The van der Waals surface area contributed by atoms with Crippen LogP contribution in [0.1, 0.15) is 70.3 Å². The third-order valence-electron chi connectivity index (χ3n) is 7.35. The first-order valence-electron chi connectivity index (χ1n) is 12.3. The number of imidazole rings is 1. The van der Waals surface area contributed by atoms with Crippen LogP contribution >= 0.6 is 27.5 Å². The SMILES string of the molecule is O=C(NC1CCCCC1)C(C1CCCCC1)n1c(-c2ccc(Cl)cc2)nc2ccc(Br)cc21. The molecule has 1 heterocycles. The number of nitrogens with one attached hydrogen (secondary N) is 1. The number of nitrogens with zero attached hydrogens (tertiary/aromatic N) is 2. The van der Waals surface area contributed by atoms with E-state index in [1.807, 2.05) is 36.4 Å². The minimum absolute atomic E-state index is 0.156. The van der Waals surface area contributed by atoms with Crippen LogP contribution in [0.3, 0.4) is 0 Å². The summed E-state index contributed by atoms with van der Waals surface area (Å²) in [6.45, 7) is 0. The molecule has 1 amide bonds. The molecule has 5 rings (SSSR count). The van der Waals surface area contributed by atoms with E-state index in [4.69, 9.17) is 16.6 Å². The fourth-order valence-electron chi connectivity index (χ4n) is 5.68. The van der Waals surface area contributed by atoms with E-state index >= 15 is 0 Å². The van der Waals surface area contributed by atoms with Gasteiger partial charge in [-0.05, 0) is 74.1 Å². The van der Waals surface area contributed by atoms with Gasteiger partial charge in [-0.3, -0.25) is 4.79 Å². The molecular weight excluding hydrogens is 498 g/mol. The van der Waals surface area contributed by atoms with Crippen LogP contribution in [0.4, 0.5) is 0 Å². The number of fused-ring (bicyclic) bond motifs is 1. The summed E-state index contributed by atoms with van der Waals surface area (Å²) < 4.78 is 3.21. The Balaban J connectivity index is 1.63. The van der Waals surface area contributed by atoms with Crippen LogP contribution in [-0.2, 0) is 4.79 Å².